The molecule has 2 aromatic heterocycles. The molecule has 0 amide bonds. The number of aromatic nitrogens is 3. The Labute approximate surface area is 137 Å². The minimum Gasteiger partial charge on any atom is -0.324 e. The Morgan fingerprint density at radius 1 is 1.13 bits per heavy atom. The third-order valence-electron chi connectivity index (χ3n) is 3.73. The zero-order chi connectivity index (χ0) is 15.8. The maximum atomic E-state index is 13.0. The fraction of sp³-hybridized carbons (Fsp3) is 0.235. The Balaban J connectivity index is 1.61. The van der Waals surface area contributed by atoms with Crippen LogP contribution >= 0.6 is 11.3 Å². The molecule has 23 heavy (non-hydrogen) atoms. The van der Waals surface area contributed by atoms with Gasteiger partial charge in [-0.25, -0.2) is 19.3 Å². The van der Waals surface area contributed by atoms with E-state index in [0.29, 0.717) is 11.9 Å². The Hall–Kier alpha value is -2.34. The van der Waals surface area contributed by atoms with Gasteiger partial charge in [-0.05, 0) is 50.1 Å². The van der Waals surface area contributed by atoms with Gasteiger partial charge in [0.25, 0.3) is 0 Å². The van der Waals surface area contributed by atoms with Crippen molar-refractivity contribution < 1.29 is 4.39 Å². The van der Waals surface area contributed by atoms with E-state index in [4.69, 9.17) is 0 Å². The van der Waals surface area contributed by atoms with E-state index in [1.54, 1.807) is 29.7 Å². The number of hydrogen-bond donors (Lipinski definition) is 1. The van der Waals surface area contributed by atoms with Crippen LogP contribution in [0.5, 0.6) is 0 Å². The number of thiazole rings is 1. The minimum absolute atomic E-state index is 0.266. The highest BCUT2D eigenvalue weighted by atomic mass is 32.1. The first-order valence-corrected chi connectivity index (χ1v) is 8.34. The van der Waals surface area contributed by atoms with Crippen molar-refractivity contribution in [1.29, 1.82) is 0 Å². The summed E-state index contributed by atoms with van der Waals surface area (Å²) in [7, 11) is 0. The van der Waals surface area contributed by atoms with Crippen molar-refractivity contribution in [1.82, 2.24) is 15.0 Å². The smallest absolute Gasteiger partial charge is 0.227 e. The predicted molar refractivity (Wildman–Crippen MR) is 89.5 cm³/mol. The molecule has 0 spiro atoms. The van der Waals surface area contributed by atoms with Crippen molar-refractivity contribution in [3.63, 3.8) is 0 Å². The standard InChI is InChI=1S/C17H15FN4S/c1-10-15(23-16(20-10)11-2-3-11)14-8-9-19-17(22-14)21-13-6-4-12(18)5-7-13/h4-9,11H,2-3H2,1H3,(H,19,21,22). The summed E-state index contributed by atoms with van der Waals surface area (Å²) in [6, 6.07) is 8.03. The average Bonchev–Trinajstić information content (AvgIpc) is 3.33. The Kier molecular flexibility index (Phi) is 3.53. The lowest BCUT2D eigenvalue weighted by Gasteiger charge is -2.06. The Bertz CT molecular complexity index is 840. The molecule has 1 aliphatic carbocycles. The molecule has 6 heteroatoms. The molecule has 0 unspecified atom stereocenters. The number of anilines is 2. The quantitative estimate of drug-likeness (QED) is 0.757. The summed E-state index contributed by atoms with van der Waals surface area (Å²) < 4.78 is 13.0. The molecular weight excluding hydrogens is 311 g/mol. The molecule has 0 bridgehead atoms. The van der Waals surface area contributed by atoms with Gasteiger partial charge in [0, 0.05) is 17.8 Å². The molecule has 0 saturated heterocycles. The molecule has 3 aromatic rings. The third kappa shape index (κ3) is 3.07. The fourth-order valence-electron chi connectivity index (χ4n) is 2.37. The second-order valence-corrected chi connectivity index (χ2v) is 6.67. The van der Waals surface area contributed by atoms with E-state index in [0.717, 1.165) is 22.0 Å². The predicted octanol–water partition coefficient (Wildman–Crippen LogP) is 4.67. The summed E-state index contributed by atoms with van der Waals surface area (Å²) in [5, 5.41) is 4.31. The lowest BCUT2D eigenvalue weighted by Crippen LogP contribution is -1.97. The zero-order valence-electron chi connectivity index (χ0n) is 12.6. The number of aryl methyl sites for hydroxylation is 1. The van der Waals surface area contributed by atoms with E-state index in [1.807, 2.05) is 13.0 Å². The molecule has 0 radical (unpaired) electrons. The van der Waals surface area contributed by atoms with E-state index in [9.17, 15) is 4.39 Å². The molecule has 1 N–H and O–H groups in total. The second-order valence-electron chi connectivity index (χ2n) is 5.64. The van der Waals surface area contributed by atoms with Crippen LogP contribution in [0, 0.1) is 12.7 Å². The van der Waals surface area contributed by atoms with Crippen LogP contribution in [0.2, 0.25) is 0 Å². The van der Waals surface area contributed by atoms with Crippen molar-refractivity contribution in [3.8, 4) is 10.6 Å². The topological polar surface area (TPSA) is 50.7 Å². The largest absolute Gasteiger partial charge is 0.324 e. The van der Waals surface area contributed by atoms with Gasteiger partial charge in [-0.1, -0.05) is 0 Å². The monoisotopic (exact) mass is 326 g/mol. The van der Waals surface area contributed by atoms with Crippen LogP contribution in [0.15, 0.2) is 36.5 Å². The molecule has 0 aliphatic heterocycles. The summed E-state index contributed by atoms with van der Waals surface area (Å²) >= 11 is 1.72. The summed E-state index contributed by atoms with van der Waals surface area (Å²) in [5.74, 6) is 0.874. The number of hydrogen-bond acceptors (Lipinski definition) is 5. The summed E-state index contributed by atoms with van der Waals surface area (Å²) in [4.78, 5) is 14.6. The highest BCUT2D eigenvalue weighted by Gasteiger charge is 2.28. The van der Waals surface area contributed by atoms with Gasteiger partial charge in [-0.15, -0.1) is 11.3 Å². The van der Waals surface area contributed by atoms with Crippen molar-refractivity contribution >= 4 is 23.0 Å². The summed E-state index contributed by atoms with van der Waals surface area (Å²) in [5.41, 5.74) is 2.64. The molecule has 1 saturated carbocycles. The number of nitrogens with one attached hydrogen (secondary N) is 1. The van der Waals surface area contributed by atoms with E-state index >= 15 is 0 Å². The van der Waals surface area contributed by atoms with Gasteiger partial charge in [0.15, 0.2) is 0 Å². The van der Waals surface area contributed by atoms with E-state index in [2.05, 4.69) is 20.3 Å². The average molecular weight is 326 g/mol. The first kappa shape index (κ1) is 14.3. The molecular formula is C17H15FN4S. The fourth-order valence-corrected chi connectivity index (χ4v) is 3.57. The van der Waals surface area contributed by atoms with Gasteiger partial charge in [0.05, 0.1) is 21.3 Å². The van der Waals surface area contributed by atoms with Crippen molar-refractivity contribution in [3.05, 3.63) is 53.0 Å². The highest BCUT2D eigenvalue weighted by molar-refractivity contribution is 7.15. The number of nitrogens with zero attached hydrogens (tertiary/aromatic N) is 3. The molecule has 1 fully saturated rings. The summed E-state index contributed by atoms with van der Waals surface area (Å²) in [6.07, 6.45) is 4.21. The van der Waals surface area contributed by atoms with Gasteiger partial charge < -0.3 is 5.32 Å². The van der Waals surface area contributed by atoms with E-state index in [-0.39, 0.29) is 5.82 Å². The molecule has 1 aromatic carbocycles. The molecule has 0 atom stereocenters. The van der Waals surface area contributed by atoms with Crippen LogP contribution in [0.1, 0.15) is 29.5 Å². The Morgan fingerprint density at radius 3 is 2.65 bits per heavy atom. The molecule has 1 aliphatic rings. The van der Waals surface area contributed by atoms with Crippen molar-refractivity contribution in [2.24, 2.45) is 0 Å². The van der Waals surface area contributed by atoms with Crippen LogP contribution < -0.4 is 5.32 Å². The lowest BCUT2D eigenvalue weighted by atomic mass is 10.3. The van der Waals surface area contributed by atoms with Crippen LogP contribution in [0.4, 0.5) is 16.0 Å². The lowest BCUT2D eigenvalue weighted by molar-refractivity contribution is 0.628. The van der Waals surface area contributed by atoms with Gasteiger partial charge >= 0.3 is 0 Å². The van der Waals surface area contributed by atoms with Gasteiger partial charge in [0.2, 0.25) is 5.95 Å². The maximum Gasteiger partial charge on any atom is 0.227 e. The highest BCUT2D eigenvalue weighted by Crippen LogP contribution is 2.44. The Morgan fingerprint density at radius 2 is 1.91 bits per heavy atom. The molecule has 2 heterocycles. The second kappa shape index (κ2) is 5.70. The normalized spacial score (nSPS) is 14.0. The van der Waals surface area contributed by atoms with Crippen molar-refractivity contribution in [2.45, 2.75) is 25.7 Å². The molecule has 4 nitrogen and oxygen atoms in total. The number of rotatable bonds is 4. The van der Waals surface area contributed by atoms with Crippen LogP contribution in [-0.2, 0) is 0 Å². The van der Waals surface area contributed by atoms with Gasteiger partial charge in [-0.3, -0.25) is 0 Å². The summed E-state index contributed by atoms with van der Waals surface area (Å²) in [6.45, 7) is 2.02. The number of benzene rings is 1. The SMILES string of the molecule is Cc1nc(C2CC2)sc1-c1ccnc(Nc2ccc(F)cc2)n1. The third-order valence-corrected chi connectivity index (χ3v) is 5.07. The first-order chi connectivity index (χ1) is 11.2. The van der Waals surface area contributed by atoms with Crippen LogP contribution in [-0.4, -0.2) is 15.0 Å². The van der Waals surface area contributed by atoms with E-state index in [1.165, 1.54) is 30.0 Å². The minimum atomic E-state index is -0.266. The zero-order valence-corrected chi connectivity index (χ0v) is 13.4. The molecule has 4 rings (SSSR count). The molecule has 116 valence electrons. The van der Waals surface area contributed by atoms with Crippen LogP contribution in [0.3, 0.4) is 0 Å². The maximum absolute atomic E-state index is 13.0. The number of halogens is 1. The van der Waals surface area contributed by atoms with Crippen molar-refractivity contribution in [2.75, 3.05) is 5.32 Å². The first-order valence-electron chi connectivity index (χ1n) is 7.52. The van der Waals surface area contributed by atoms with E-state index < -0.39 is 0 Å². The van der Waals surface area contributed by atoms with Gasteiger partial charge in [-0.2, -0.15) is 0 Å². The van der Waals surface area contributed by atoms with Gasteiger partial charge in [0.1, 0.15) is 5.82 Å². The van der Waals surface area contributed by atoms with Crippen LogP contribution in [0.25, 0.3) is 10.6 Å².